The summed E-state index contributed by atoms with van der Waals surface area (Å²) in [5.41, 5.74) is 2.22. The number of aryl methyl sites for hydroxylation is 1. The van der Waals surface area contributed by atoms with Crippen LogP contribution < -0.4 is 9.30 Å². The lowest BCUT2D eigenvalue weighted by atomic mass is 10.0. The molecule has 23 heavy (non-hydrogen) atoms. The lowest BCUT2D eigenvalue weighted by molar-refractivity contribution is -0.669. The van der Waals surface area contributed by atoms with Gasteiger partial charge < -0.3 is 9.84 Å². The average molecular weight is 329 g/mol. The SMILES string of the molecule is C[n+]1cc(-c2cccc(Cl)c2)c2ccc(OCCCO)cc2c1. The number of pyridine rings is 1. The van der Waals surface area contributed by atoms with Crippen LogP contribution in [-0.2, 0) is 7.05 Å². The molecular formula is C19H19ClNO2+. The fourth-order valence-corrected chi connectivity index (χ4v) is 2.84. The van der Waals surface area contributed by atoms with Gasteiger partial charge in [-0.25, -0.2) is 4.57 Å². The molecule has 118 valence electrons. The van der Waals surface area contributed by atoms with E-state index < -0.39 is 0 Å². The minimum Gasteiger partial charge on any atom is -0.493 e. The predicted octanol–water partition coefficient (Wildman–Crippen LogP) is 3.75. The molecule has 0 fully saturated rings. The monoisotopic (exact) mass is 328 g/mol. The molecule has 3 aromatic rings. The number of aromatic nitrogens is 1. The minimum absolute atomic E-state index is 0.140. The minimum atomic E-state index is 0.140. The molecule has 3 nitrogen and oxygen atoms in total. The summed E-state index contributed by atoms with van der Waals surface area (Å²) < 4.78 is 7.71. The van der Waals surface area contributed by atoms with Gasteiger partial charge in [0.1, 0.15) is 12.8 Å². The Hall–Kier alpha value is -2.10. The lowest BCUT2D eigenvalue weighted by Gasteiger charge is -2.09. The van der Waals surface area contributed by atoms with Crippen LogP contribution in [0.25, 0.3) is 21.9 Å². The van der Waals surface area contributed by atoms with Gasteiger partial charge in [-0.15, -0.1) is 0 Å². The second kappa shape index (κ2) is 6.99. The van der Waals surface area contributed by atoms with Gasteiger partial charge >= 0.3 is 0 Å². The van der Waals surface area contributed by atoms with E-state index in [9.17, 15) is 0 Å². The van der Waals surface area contributed by atoms with Crippen molar-refractivity contribution in [3.8, 4) is 16.9 Å². The van der Waals surface area contributed by atoms with Crippen molar-refractivity contribution in [2.24, 2.45) is 7.05 Å². The zero-order valence-corrected chi connectivity index (χ0v) is 13.8. The molecule has 1 aromatic heterocycles. The summed E-state index contributed by atoms with van der Waals surface area (Å²) in [4.78, 5) is 0. The second-order valence-electron chi connectivity index (χ2n) is 5.52. The molecule has 0 bridgehead atoms. The molecule has 0 aliphatic carbocycles. The third-order valence-electron chi connectivity index (χ3n) is 3.70. The number of nitrogens with zero attached hydrogens (tertiary/aromatic N) is 1. The van der Waals surface area contributed by atoms with Gasteiger partial charge in [-0.05, 0) is 35.9 Å². The summed E-state index contributed by atoms with van der Waals surface area (Å²) in [6, 6.07) is 13.9. The lowest BCUT2D eigenvalue weighted by Crippen LogP contribution is -2.26. The van der Waals surface area contributed by atoms with Crippen LogP contribution in [0.5, 0.6) is 5.75 Å². The number of halogens is 1. The third kappa shape index (κ3) is 3.63. The summed E-state index contributed by atoms with van der Waals surface area (Å²) >= 11 is 6.13. The van der Waals surface area contributed by atoms with Crippen LogP contribution in [0.1, 0.15) is 6.42 Å². The number of rotatable bonds is 5. The maximum absolute atomic E-state index is 8.84. The summed E-state index contributed by atoms with van der Waals surface area (Å²) in [5.74, 6) is 0.814. The van der Waals surface area contributed by atoms with Gasteiger partial charge in [0.15, 0.2) is 12.4 Å². The first kappa shape index (κ1) is 15.8. The van der Waals surface area contributed by atoms with E-state index in [2.05, 4.69) is 24.5 Å². The number of aliphatic hydroxyl groups excluding tert-OH is 1. The van der Waals surface area contributed by atoms with Crippen LogP contribution in [0.15, 0.2) is 54.9 Å². The van der Waals surface area contributed by atoms with Gasteiger partial charge in [0.2, 0.25) is 0 Å². The zero-order valence-electron chi connectivity index (χ0n) is 13.0. The molecule has 3 rings (SSSR count). The standard InChI is InChI=1S/C19H19ClNO2/c1-21-12-15-11-17(23-9-3-8-22)6-7-18(15)19(13-21)14-4-2-5-16(20)10-14/h2,4-7,10-13,22H,3,8-9H2,1H3/q+1. The Morgan fingerprint density at radius 1 is 1.13 bits per heavy atom. The summed E-state index contributed by atoms with van der Waals surface area (Å²) in [6.07, 6.45) is 4.80. The third-order valence-corrected chi connectivity index (χ3v) is 3.93. The van der Waals surface area contributed by atoms with Crippen molar-refractivity contribution in [1.82, 2.24) is 0 Å². The molecule has 0 spiro atoms. The molecule has 0 aliphatic heterocycles. The number of hydrogen-bond acceptors (Lipinski definition) is 2. The Bertz CT molecular complexity index is 833. The topological polar surface area (TPSA) is 33.3 Å². The van der Waals surface area contributed by atoms with E-state index in [1.54, 1.807) is 0 Å². The smallest absolute Gasteiger partial charge is 0.177 e. The Morgan fingerprint density at radius 2 is 2.00 bits per heavy atom. The van der Waals surface area contributed by atoms with E-state index in [1.807, 2.05) is 41.9 Å². The quantitative estimate of drug-likeness (QED) is 0.571. The highest BCUT2D eigenvalue weighted by molar-refractivity contribution is 6.30. The van der Waals surface area contributed by atoms with E-state index in [1.165, 1.54) is 0 Å². The van der Waals surface area contributed by atoms with Crippen molar-refractivity contribution in [3.05, 3.63) is 59.9 Å². The molecule has 0 radical (unpaired) electrons. The van der Waals surface area contributed by atoms with Gasteiger partial charge in [0.05, 0.1) is 12.2 Å². The molecule has 0 aliphatic rings. The highest BCUT2D eigenvalue weighted by Crippen LogP contribution is 2.30. The number of hydrogen-bond donors (Lipinski definition) is 1. The van der Waals surface area contributed by atoms with Crippen LogP contribution in [-0.4, -0.2) is 18.3 Å². The number of fused-ring (bicyclic) bond motifs is 1. The van der Waals surface area contributed by atoms with Crippen molar-refractivity contribution in [2.45, 2.75) is 6.42 Å². The maximum atomic E-state index is 8.84. The molecule has 0 amide bonds. The van der Waals surface area contributed by atoms with Gasteiger partial charge in [0.25, 0.3) is 0 Å². The van der Waals surface area contributed by atoms with E-state index in [0.29, 0.717) is 13.0 Å². The Morgan fingerprint density at radius 3 is 2.78 bits per heavy atom. The first-order valence-electron chi connectivity index (χ1n) is 7.60. The molecule has 2 aromatic carbocycles. The highest BCUT2D eigenvalue weighted by Gasteiger charge is 2.11. The molecule has 0 saturated heterocycles. The van der Waals surface area contributed by atoms with E-state index in [4.69, 9.17) is 21.4 Å². The fourth-order valence-electron chi connectivity index (χ4n) is 2.65. The number of ether oxygens (including phenoxy) is 1. The van der Waals surface area contributed by atoms with Gasteiger partial charge in [-0.1, -0.05) is 23.7 Å². The molecule has 0 unspecified atom stereocenters. The highest BCUT2D eigenvalue weighted by atomic mass is 35.5. The summed E-state index contributed by atoms with van der Waals surface area (Å²) in [5, 5.41) is 11.8. The maximum Gasteiger partial charge on any atom is 0.177 e. The molecule has 1 heterocycles. The Balaban J connectivity index is 2.05. The second-order valence-corrected chi connectivity index (χ2v) is 5.96. The summed E-state index contributed by atoms with van der Waals surface area (Å²) in [6.45, 7) is 0.656. The molecule has 4 heteroatoms. The van der Waals surface area contributed by atoms with Crippen molar-refractivity contribution in [3.63, 3.8) is 0 Å². The zero-order chi connectivity index (χ0) is 16.2. The average Bonchev–Trinajstić information content (AvgIpc) is 2.54. The van der Waals surface area contributed by atoms with Gasteiger partial charge in [-0.3, -0.25) is 0 Å². The molecule has 0 saturated carbocycles. The van der Waals surface area contributed by atoms with Crippen LogP contribution in [0.4, 0.5) is 0 Å². The molecule has 0 atom stereocenters. The van der Waals surface area contributed by atoms with Crippen LogP contribution in [0.3, 0.4) is 0 Å². The molecule has 1 N–H and O–H groups in total. The van der Waals surface area contributed by atoms with Crippen LogP contribution in [0, 0.1) is 0 Å². The fraction of sp³-hybridized carbons (Fsp3) is 0.211. The Labute approximate surface area is 140 Å². The molecular weight excluding hydrogens is 310 g/mol. The van der Waals surface area contributed by atoms with Crippen molar-refractivity contribution in [2.75, 3.05) is 13.2 Å². The normalized spacial score (nSPS) is 10.9. The number of aliphatic hydroxyl groups is 1. The van der Waals surface area contributed by atoms with Crippen molar-refractivity contribution >= 4 is 22.4 Å². The first-order valence-corrected chi connectivity index (χ1v) is 7.98. The first-order chi connectivity index (χ1) is 11.2. The largest absolute Gasteiger partial charge is 0.493 e. The predicted molar refractivity (Wildman–Crippen MR) is 92.8 cm³/mol. The number of benzene rings is 2. The van der Waals surface area contributed by atoms with Crippen molar-refractivity contribution in [1.29, 1.82) is 0 Å². The van der Waals surface area contributed by atoms with Crippen LogP contribution in [0.2, 0.25) is 5.02 Å². The van der Waals surface area contributed by atoms with Crippen LogP contribution >= 0.6 is 11.6 Å². The van der Waals surface area contributed by atoms with E-state index in [0.717, 1.165) is 32.7 Å². The van der Waals surface area contributed by atoms with E-state index >= 15 is 0 Å². The van der Waals surface area contributed by atoms with E-state index in [-0.39, 0.29) is 6.61 Å². The van der Waals surface area contributed by atoms with Crippen molar-refractivity contribution < 1.29 is 14.4 Å². The van der Waals surface area contributed by atoms with Gasteiger partial charge in [-0.2, -0.15) is 0 Å². The Kier molecular flexibility index (Phi) is 4.79. The van der Waals surface area contributed by atoms with Gasteiger partial charge in [0, 0.05) is 28.8 Å². The summed E-state index contributed by atoms with van der Waals surface area (Å²) in [7, 11) is 2.01.